The summed E-state index contributed by atoms with van der Waals surface area (Å²) in [5.74, 6) is 0. The number of nitrogens with zero attached hydrogens (tertiary/aromatic N) is 4. The monoisotopic (exact) mass is 455 g/mol. The van der Waals surface area contributed by atoms with E-state index in [4.69, 9.17) is 47.3 Å². The van der Waals surface area contributed by atoms with Gasteiger partial charge in [-0.1, -0.05) is 0 Å². The molecular weight excluding hydrogens is 452 g/mol. The molecule has 2 N–H and O–H groups in total. The van der Waals surface area contributed by atoms with E-state index >= 15 is 0 Å². The molecule has 0 aliphatic heterocycles. The molecule has 0 atom stereocenters. The number of hydrogen-bond donors (Lipinski definition) is 0. The van der Waals surface area contributed by atoms with Crippen LogP contribution in [0, 0.1) is 47.3 Å². The van der Waals surface area contributed by atoms with Gasteiger partial charge in [0.25, 0.3) is 0 Å². The van der Waals surface area contributed by atoms with Gasteiger partial charge in [-0.3, -0.25) is 0 Å². The van der Waals surface area contributed by atoms with Crippen molar-refractivity contribution in [2.24, 2.45) is 0 Å². The zero-order valence-electron chi connectivity index (χ0n) is 5.31. The third kappa shape index (κ3) is 21100. The molecule has 0 unspecified atom stereocenters. The van der Waals surface area contributed by atoms with Crippen LogP contribution in [0.25, 0.3) is 0 Å². The van der Waals surface area contributed by atoms with E-state index < -0.39 is 0 Å². The van der Waals surface area contributed by atoms with Crippen LogP contribution < -0.4 is 0 Å². The average molecular weight is 454 g/mol. The minimum absolute atomic E-state index is 0. The fourth-order valence-corrected chi connectivity index (χ4v) is 0. The number of rotatable bonds is 0. The van der Waals surface area contributed by atoms with E-state index in [1.54, 1.807) is 0 Å². The van der Waals surface area contributed by atoms with Crippen molar-refractivity contribution in [2.75, 3.05) is 0 Å². The fourth-order valence-electron chi connectivity index (χ4n) is 0. The molecule has 0 amide bonds. The van der Waals surface area contributed by atoms with Crippen LogP contribution in [0.3, 0.4) is 0 Å². The molecule has 0 aliphatic carbocycles. The predicted molar refractivity (Wildman–Crippen MR) is 29.2 cm³/mol. The van der Waals surface area contributed by atoms with Gasteiger partial charge in [-0.2, -0.15) is 0 Å². The Morgan fingerprint density at radius 1 is 0.545 bits per heavy atom. The first-order chi connectivity index (χ1) is 4.00. The maximum Gasteiger partial charge on any atom is 4.00 e. The standard InChI is InChI=1S/4CN.Ba.H2O.Pt/c4*1-2;;;/h;;;;;1H2;/q4*-1;;;+4. The van der Waals surface area contributed by atoms with Crippen LogP contribution in [0.4, 0.5) is 0 Å². The predicted octanol–water partition coefficient (Wildman–Crippen LogP) is -0.823. The maximum absolute atomic E-state index is 6.25. The van der Waals surface area contributed by atoms with Crippen molar-refractivity contribution in [1.82, 2.24) is 0 Å². The third-order valence-electron chi connectivity index (χ3n) is 0. The summed E-state index contributed by atoms with van der Waals surface area (Å²) in [7, 11) is 0. The van der Waals surface area contributed by atoms with Crippen molar-refractivity contribution in [2.45, 2.75) is 0 Å². The van der Waals surface area contributed by atoms with E-state index in [0.29, 0.717) is 0 Å². The molecule has 0 saturated carbocycles. The zero-order chi connectivity index (χ0) is 8.00. The van der Waals surface area contributed by atoms with Gasteiger partial charge in [0.2, 0.25) is 0 Å². The van der Waals surface area contributed by atoms with E-state index in [9.17, 15) is 0 Å². The van der Waals surface area contributed by atoms with Crippen LogP contribution in [0.2, 0.25) is 0 Å². The van der Waals surface area contributed by atoms with Crippen molar-refractivity contribution in [1.29, 1.82) is 21.0 Å². The Kier molecular flexibility index (Phi) is 160000. The third-order valence-corrected chi connectivity index (χ3v) is 0. The molecule has 0 aliphatic rings. The molecule has 0 saturated heterocycles. The molecule has 0 fully saturated rings. The molecule has 0 bridgehead atoms. The molecule has 5 nitrogen and oxygen atoms in total. The van der Waals surface area contributed by atoms with Gasteiger partial charge in [0.15, 0.2) is 0 Å². The Balaban J connectivity index is -0.00000000356. The molecule has 11 heavy (non-hydrogen) atoms. The quantitative estimate of drug-likeness (QED) is 0.350. The molecule has 0 spiro atoms. The van der Waals surface area contributed by atoms with Gasteiger partial charge in [0, 0.05) is 48.9 Å². The Labute approximate surface area is 121 Å². The fraction of sp³-hybridized carbons (Fsp3) is 0. The second-order valence-electron chi connectivity index (χ2n) is 0. The van der Waals surface area contributed by atoms with Gasteiger partial charge in [-0.05, 0) is 0 Å². The summed E-state index contributed by atoms with van der Waals surface area (Å²) in [5.41, 5.74) is 0. The van der Waals surface area contributed by atoms with Gasteiger partial charge in [-0.15, -0.1) is 0 Å². The normalized spacial score (nSPS) is 0.727. The van der Waals surface area contributed by atoms with Crippen LogP contribution >= 0.6 is 0 Å². The van der Waals surface area contributed by atoms with Crippen LogP contribution in [-0.2, 0) is 21.1 Å². The summed E-state index contributed by atoms with van der Waals surface area (Å²) in [4.78, 5) is 0. The van der Waals surface area contributed by atoms with Crippen LogP contribution in [0.15, 0.2) is 0 Å². The minimum Gasteiger partial charge on any atom is -0.512 e. The molecule has 0 aromatic heterocycles. The van der Waals surface area contributed by atoms with Crippen molar-refractivity contribution in [3.8, 4) is 0 Å². The Bertz CT molecular complexity index is 65.1. The summed E-state index contributed by atoms with van der Waals surface area (Å²) in [6.45, 7) is 19.0. The van der Waals surface area contributed by atoms with E-state index in [0.717, 1.165) is 0 Å². The molecule has 56 valence electrons. The van der Waals surface area contributed by atoms with Gasteiger partial charge >= 0.3 is 21.1 Å². The molecule has 0 aromatic carbocycles. The first-order valence-electron chi connectivity index (χ1n) is 0.894. The molecule has 0 rings (SSSR count). The van der Waals surface area contributed by atoms with E-state index in [-0.39, 0.29) is 75.4 Å². The molecule has 7 heteroatoms. The Morgan fingerprint density at radius 3 is 0.545 bits per heavy atom. The van der Waals surface area contributed by atoms with Gasteiger partial charge in [0.05, 0.1) is 0 Å². The van der Waals surface area contributed by atoms with Crippen molar-refractivity contribution in [3.63, 3.8) is 0 Å². The smallest absolute Gasteiger partial charge is 0.512 e. The molecule has 2 radical (unpaired) electrons. The van der Waals surface area contributed by atoms with E-state index in [1.807, 2.05) is 0 Å². The summed E-state index contributed by atoms with van der Waals surface area (Å²) in [5, 5.41) is 25.0. The van der Waals surface area contributed by atoms with E-state index in [2.05, 4.69) is 0 Å². The zero-order valence-corrected chi connectivity index (χ0v) is 12.0. The Hall–Kier alpha value is 0.180. The average Bonchev–Trinajstić information content (AvgIpc) is 2.03. The van der Waals surface area contributed by atoms with Crippen molar-refractivity contribution >= 4 is 48.9 Å². The summed E-state index contributed by atoms with van der Waals surface area (Å²) in [6.07, 6.45) is 0. The maximum atomic E-state index is 6.25. The summed E-state index contributed by atoms with van der Waals surface area (Å²) >= 11 is 0. The minimum atomic E-state index is 0. The summed E-state index contributed by atoms with van der Waals surface area (Å²) in [6, 6.07) is 0. The van der Waals surface area contributed by atoms with Gasteiger partial charge in [-0.25, -0.2) is 0 Å². The topological polar surface area (TPSA) is 127 Å². The van der Waals surface area contributed by atoms with Crippen molar-refractivity contribution < 1.29 is 26.5 Å². The molecule has 0 aromatic rings. The Morgan fingerprint density at radius 2 is 0.545 bits per heavy atom. The number of hydrogen-bond acceptors (Lipinski definition) is 4. The first kappa shape index (κ1) is 66.3. The van der Waals surface area contributed by atoms with E-state index in [1.165, 1.54) is 0 Å². The molecule has 0 heterocycles. The van der Waals surface area contributed by atoms with Gasteiger partial charge < -0.3 is 52.8 Å². The summed E-state index contributed by atoms with van der Waals surface area (Å²) < 4.78 is 0. The SMILES string of the molecule is O.[Ba].[C-]#N.[C-]#N.[C-]#N.[C-]#N.[Pt+4]. The van der Waals surface area contributed by atoms with Crippen LogP contribution in [-0.4, -0.2) is 54.4 Å². The van der Waals surface area contributed by atoms with Gasteiger partial charge in [0.1, 0.15) is 0 Å². The second kappa shape index (κ2) is 26600. The first-order valence-corrected chi connectivity index (χ1v) is 0.894. The largest absolute Gasteiger partial charge is 4.00 e. The van der Waals surface area contributed by atoms with Crippen molar-refractivity contribution in [3.05, 3.63) is 26.3 Å². The second-order valence-corrected chi connectivity index (χ2v) is 0. The van der Waals surface area contributed by atoms with Crippen LogP contribution in [0.5, 0.6) is 0 Å². The van der Waals surface area contributed by atoms with Crippen LogP contribution in [0.1, 0.15) is 0 Å². The molecular formula is C4H2BaN4OPt.